The van der Waals surface area contributed by atoms with Gasteiger partial charge in [0.15, 0.2) is 0 Å². The Kier molecular flexibility index (Phi) is 2.04. The molecule has 0 aromatic rings. The van der Waals surface area contributed by atoms with Gasteiger partial charge in [-0.05, 0) is 30.6 Å². The van der Waals surface area contributed by atoms with Crippen LogP contribution in [0.15, 0.2) is 0 Å². The molecular formula is C10H20O. The Bertz CT molecular complexity index is 143. The summed E-state index contributed by atoms with van der Waals surface area (Å²) in [6.45, 7) is 8.56. The zero-order chi connectivity index (χ0) is 8.70. The first kappa shape index (κ1) is 9.05. The predicted molar refractivity (Wildman–Crippen MR) is 47.4 cm³/mol. The molecule has 1 saturated carbocycles. The molecule has 0 radical (unpaired) electrons. The van der Waals surface area contributed by atoms with Gasteiger partial charge in [-0.15, -0.1) is 0 Å². The van der Waals surface area contributed by atoms with Crippen molar-refractivity contribution in [3.05, 3.63) is 0 Å². The Labute approximate surface area is 69.8 Å². The van der Waals surface area contributed by atoms with Crippen LogP contribution in [0.1, 0.15) is 47.0 Å². The van der Waals surface area contributed by atoms with E-state index in [1.54, 1.807) is 0 Å². The first-order chi connectivity index (χ1) is 4.90. The van der Waals surface area contributed by atoms with Gasteiger partial charge in [-0.25, -0.2) is 0 Å². The average molecular weight is 156 g/mol. The number of rotatable bonds is 2. The van der Waals surface area contributed by atoms with Crippen LogP contribution in [-0.4, -0.2) is 11.2 Å². The molecule has 0 aromatic carbocycles. The third-order valence-corrected chi connectivity index (χ3v) is 4.06. The quantitative estimate of drug-likeness (QED) is 0.651. The molecule has 0 heterocycles. The van der Waals surface area contributed by atoms with Crippen LogP contribution >= 0.6 is 0 Å². The molecule has 0 unspecified atom stereocenters. The Morgan fingerprint density at radius 3 is 1.91 bits per heavy atom. The van der Waals surface area contributed by atoms with Crippen LogP contribution < -0.4 is 0 Å². The van der Waals surface area contributed by atoms with E-state index in [9.17, 15) is 5.11 Å². The Hall–Kier alpha value is -0.0400. The maximum atomic E-state index is 9.58. The average Bonchev–Trinajstić information content (AvgIpc) is 1.82. The number of aliphatic hydroxyl groups excluding tert-OH is 1. The van der Waals surface area contributed by atoms with E-state index >= 15 is 0 Å². The lowest BCUT2D eigenvalue weighted by atomic mass is 9.54. The SMILES string of the molecule is C[C@@H](O)C(C)(C)C1(C)CCC1. The van der Waals surface area contributed by atoms with Crippen LogP contribution in [0.3, 0.4) is 0 Å². The largest absolute Gasteiger partial charge is 0.393 e. The molecule has 0 aromatic heterocycles. The van der Waals surface area contributed by atoms with Crippen molar-refractivity contribution in [2.24, 2.45) is 10.8 Å². The van der Waals surface area contributed by atoms with Crippen molar-refractivity contribution in [2.45, 2.75) is 53.1 Å². The van der Waals surface area contributed by atoms with Crippen molar-refractivity contribution in [1.29, 1.82) is 0 Å². The van der Waals surface area contributed by atoms with E-state index < -0.39 is 0 Å². The monoisotopic (exact) mass is 156 g/mol. The van der Waals surface area contributed by atoms with Crippen molar-refractivity contribution in [3.8, 4) is 0 Å². The highest BCUT2D eigenvalue weighted by Crippen LogP contribution is 2.54. The summed E-state index contributed by atoms with van der Waals surface area (Å²) in [6, 6.07) is 0. The van der Waals surface area contributed by atoms with Crippen molar-refractivity contribution in [3.63, 3.8) is 0 Å². The summed E-state index contributed by atoms with van der Waals surface area (Å²) in [5.74, 6) is 0. The van der Waals surface area contributed by atoms with Crippen LogP contribution in [0, 0.1) is 10.8 Å². The molecule has 0 bridgehead atoms. The fourth-order valence-corrected chi connectivity index (χ4v) is 1.86. The minimum absolute atomic E-state index is 0.0885. The molecule has 11 heavy (non-hydrogen) atoms. The summed E-state index contributed by atoms with van der Waals surface area (Å²) in [7, 11) is 0. The summed E-state index contributed by atoms with van der Waals surface area (Å²) in [5.41, 5.74) is 0.479. The van der Waals surface area contributed by atoms with E-state index in [2.05, 4.69) is 20.8 Å². The van der Waals surface area contributed by atoms with Gasteiger partial charge in [0, 0.05) is 0 Å². The minimum atomic E-state index is -0.187. The molecule has 1 aliphatic rings. The van der Waals surface area contributed by atoms with Gasteiger partial charge in [0.1, 0.15) is 0 Å². The van der Waals surface area contributed by atoms with Crippen LogP contribution in [0.5, 0.6) is 0 Å². The van der Waals surface area contributed by atoms with Crippen molar-refractivity contribution < 1.29 is 5.11 Å². The lowest BCUT2D eigenvalue weighted by Crippen LogP contribution is -2.47. The second-order valence-corrected chi connectivity index (χ2v) is 4.81. The van der Waals surface area contributed by atoms with Crippen LogP contribution in [0.4, 0.5) is 0 Å². The molecule has 0 saturated heterocycles. The van der Waals surface area contributed by atoms with Crippen molar-refractivity contribution in [1.82, 2.24) is 0 Å². The first-order valence-electron chi connectivity index (χ1n) is 4.58. The van der Waals surface area contributed by atoms with Crippen LogP contribution in [0.25, 0.3) is 0 Å². The molecule has 1 atom stereocenters. The molecule has 0 amide bonds. The third kappa shape index (κ3) is 1.20. The molecule has 1 N–H and O–H groups in total. The minimum Gasteiger partial charge on any atom is -0.393 e. The number of hydrogen-bond donors (Lipinski definition) is 1. The first-order valence-corrected chi connectivity index (χ1v) is 4.58. The van der Waals surface area contributed by atoms with Crippen molar-refractivity contribution >= 4 is 0 Å². The molecule has 1 nitrogen and oxygen atoms in total. The third-order valence-electron chi connectivity index (χ3n) is 4.06. The molecule has 66 valence electrons. The van der Waals surface area contributed by atoms with Crippen molar-refractivity contribution in [2.75, 3.05) is 0 Å². The zero-order valence-electron chi connectivity index (χ0n) is 8.15. The zero-order valence-corrected chi connectivity index (χ0v) is 8.15. The Morgan fingerprint density at radius 2 is 1.82 bits per heavy atom. The molecule has 1 fully saturated rings. The van der Waals surface area contributed by atoms with Gasteiger partial charge < -0.3 is 5.11 Å². The standard InChI is InChI=1S/C10H20O/c1-8(11)9(2,3)10(4)6-5-7-10/h8,11H,5-7H2,1-4H3/t8-/m1/s1. The normalized spacial score (nSPS) is 25.9. The lowest BCUT2D eigenvalue weighted by Gasteiger charge is -2.52. The second-order valence-electron chi connectivity index (χ2n) is 4.81. The van der Waals surface area contributed by atoms with Gasteiger partial charge in [0.2, 0.25) is 0 Å². The molecule has 0 aliphatic heterocycles. The fraction of sp³-hybridized carbons (Fsp3) is 1.00. The number of hydrogen-bond acceptors (Lipinski definition) is 1. The highest BCUT2D eigenvalue weighted by molar-refractivity contribution is 4.97. The maximum Gasteiger partial charge on any atom is 0.0568 e. The smallest absolute Gasteiger partial charge is 0.0568 e. The number of aliphatic hydroxyl groups is 1. The van der Waals surface area contributed by atoms with Crippen LogP contribution in [-0.2, 0) is 0 Å². The topological polar surface area (TPSA) is 20.2 Å². The predicted octanol–water partition coefficient (Wildman–Crippen LogP) is 2.58. The highest BCUT2D eigenvalue weighted by atomic mass is 16.3. The van der Waals surface area contributed by atoms with Gasteiger partial charge in [-0.1, -0.05) is 27.2 Å². The molecule has 0 spiro atoms. The van der Waals surface area contributed by atoms with E-state index in [0.717, 1.165) is 0 Å². The summed E-state index contributed by atoms with van der Waals surface area (Å²) in [5, 5.41) is 9.58. The lowest BCUT2D eigenvalue weighted by molar-refractivity contribution is -0.0787. The van der Waals surface area contributed by atoms with Gasteiger partial charge in [0.05, 0.1) is 6.10 Å². The Morgan fingerprint density at radius 1 is 1.36 bits per heavy atom. The summed E-state index contributed by atoms with van der Waals surface area (Å²) in [6.07, 6.45) is 3.72. The van der Waals surface area contributed by atoms with E-state index in [4.69, 9.17) is 0 Å². The van der Waals surface area contributed by atoms with Crippen LogP contribution in [0.2, 0.25) is 0 Å². The summed E-state index contributed by atoms with van der Waals surface area (Å²) < 4.78 is 0. The second kappa shape index (κ2) is 2.48. The van der Waals surface area contributed by atoms with E-state index in [1.165, 1.54) is 19.3 Å². The molecular weight excluding hydrogens is 136 g/mol. The van der Waals surface area contributed by atoms with Gasteiger partial charge in [-0.2, -0.15) is 0 Å². The molecule has 1 aliphatic carbocycles. The molecule has 1 heteroatoms. The van der Waals surface area contributed by atoms with Gasteiger partial charge >= 0.3 is 0 Å². The highest BCUT2D eigenvalue weighted by Gasteiger charge is 2.47. The Balaban J connectivity index is 2.70. The molecule has 1 rings (SSSR count). The summed E-state index contributed by atoms with van der Waals surface area (Å²) >= 11 is 0. The summed E-state index contributed by atoms with van der Waals surface area (Å²) in [4.78, 5) is 0. The maximum absolute atomic E-state index is 9.58. The van der Waals surface area contributed by atoms with E-state index in [1.807, 2.05) is 6.92 Å². The fourth-order valence-electron chi connectivity index (χ4n) is 1.86. The van der Waals surface area contributed by atoms with Gasteiger partial charge in [0.25, 0.3) is 0 Å². The van der Waals surface area contributed by atoms with Gasteiger partial charge in [-0.3, -0.25) is 0 Å². The van der Waals surface area contributed by atoms with E-state index in [0.29, 0.717) is 5.41 Å². The van der Waals surface area contributed by atoms with E-state index in [-0.39, 0.29) is 11.5 Å².